The number of hydrogen-bond acceptors (Lipinski definition) is 7. The molecule has 0 amide bonds. The first-order valence-corrected chi connectivity index (χ1v) is 17.2. The second kappa shape index (κ2) is 13.5. The predicted octanol–water partition coefficient (Wildman–Crippen LogP) is 8.07. The number of pyridine rings is 2. The maximum absolute atomic E-state index is 12.4. The van der Waals surface area contributed by atoms with Gasteiger partial charge < -0.3 is 5.32 Å². The summed E-state index contributed by atoms with van der Waals surface area (Å²) in [6, 6.07) is 26.0. The first-order chi connectivity index (χ1) is 21.4. The Kier molecular flexibility index (Phi) is 9.66. The van der Waals surface area contributed by atoms with Gasteiger partial charge in [0.05, 0.1) is 9.79 Å². The number of anilines is 3. The molecule has 0 aliphatic carbocycles. The Balaban J connectivity index is 0.000000178. The zero-order valence-electron chi connectivity index (χ0n) is 23.4. The number of nitrogens with zero attached hydrogens (tertiary/aromatic N) is 2. The zero-order valence-corrected chi connectivity index (χ0v) is 27.3. The average molecular weight is 701 g/mol. The van der Waals surface area contributed by atoms with E-state index in [1.54, 1.807) is 68.0 Å². The minimum absolute atomic E-state index is 0.143. The van der Waals surface area contributed by atoms with Crippen LogP contribution in [0.15, 0.2) is 119 Å². The van der Waals surface area contributed by atoms with Gasteiger partial charge in [-0.05, 0) is 108 Å². The molecule has 3 N–H and O–H groups in total. The van der Waals surface area contributed by atoms with Crippen molar-refractivity contribution in [1.29, 1.82) is 0 Å². The highest BCUT2D eigenvalue weighted by atomic mass is 35.5. The van der Waals surface area contributed by atoms with Crippen LogP contribution in [0.4, 0.5) is 17.2 Å². The fraction of sp³-hybridized carbons (Fsp3) is 0.0323. The molecule has 0 unspecified atom stereocenters. The van der Waals surface area contributed by atoms with E-state index in [1.165, 1.54) is 36.4 Å². The van der Waals surface area contributed by atoms with Crippen LogP contribution in [0.25, 0.3) is 21.5 Å². The van der Waals surface area contributed by atoms with Crippen LogP contribution in [0.5, 0.6) is 0 Å². The molecular formula is C31H24Cl3N5O4S2. The molecule has 0 fully saturated rings. The summed E-state index contributed by atoms with van der Waals surface area (Å²) in [4.78, 5) is 8.51. The number of nitrogens with one attached hydrogen (secondary N) is 3. The van der Waals surface area contributed by atoms with Gasteiger partial charge in [0.15, 0.2) is 0 Å². The largest absolute Gasteiger partial charge is 0.373 e. The second-order valence-corrected chi connectivity index (χ2v) is 14.1. The van der Waals surface area contributed by atoms with Gasteiger partial charge in [-0.2, -0.15) is 0 Å². The minimum atomic E-state index is -3.67. The Hall–Kier alpha value is -4.13. The van der Waals surface area contributed by atoms with E-state index in [9.17, 15) is 16.8 Å². The Morgan fingerprint density at radius 1 is 0.556 bits per heavy atom. The molecule has 6 aromatic rings. The van der Waals surface area contributed by atoms with Crippen molar-refractivity contribution in [1.82, 2.24) is 9.97 Å². The lowest BCUT2D eigenvalue weighted by molar-refractivity contribution is 0.599. The van der Waals surface area contributed by atoms with Crippen LogP contribution >= 0.6 is 34.8 Å². The van der Waals surface area contributed by atoms with Crippen molar-refractivity contribution in [2.24, 2.45) is 0 Å². The van der Waals surface area contributed by atoms with Crippen LogP contribution in [-0.4, -0.2) is 33.9 Å². The molecule has 2 aromatic heterocycles. The average Bonchev–Trinajstić information content (AvgIpc) is 3.01. The summed E-state index contributed by atoms with van der Waals surface area (Å²) in [5.74, 6) is 0.745. The molecule has 230 valence electrons. The molecule has 45 heavy (non-hydrogen) atoms. The van der Waals surface area contributed by atoms with Crippen LogP contribution in [0, 0.1) is 0 Å². The second-order valence-electron chi connectivity index (χ2n) is 9.50. The third-order valence-electron chi connectivity index (χ3n) is 6.47. The van der Waals surface area contributed by atoms with Crippen molar-refractivity contribution in [2.45, 2.75) is 9.79 Å². The molecule has 14 heteroatoms. The van der Waals surface area contributed by atoms with Gasteiger partial charge in [-0.3, -0.25) is 9.44 Å². The van der Waals surface area contributed by atoms with E-state index in [-0.39, 0.29) is 9.79 Å². The van der Waals surface area contributed by atoms with Crippen molar-refractivity contribution in [2.75, 3.05) is 21.8 Å². The molecular weight excluding hydrogens is 677 g/mol. The van der Waals surface area contributed by atoms with Crippen molar-refractivity contribution < 1.29 is 16.8 Å². The number of sulfonamides is 2. The van der Waals surface area contributed by atoms with Gasteiger partial charge in [-0.1, -0.05) is 34.8 Å². The van der Waals surface area contributed by atoms with E-state index >= 15 is 0 Å². The van der Waals surface area contributed by atoms with E-state index < -0.39 is 20.0 Å². The van der Waals surface area contributed by atoms with Crippen LogP contribution in [0.1, 0.15) is 0 Å². The number of halogens is 3. The standard InChI is InChI=1S/C16H14ClN3O2S.C15H10Cl2N2O2S/c1-18-16-15-7-4-13(10-11(15)8-9-19-16)20-23(21,22)14-5-2-12(17)3-6-14;16-11-1-4-13(5-2-11)22(20,21)19-12-3-6-14-10(9-12)7-8-18-15(14)17/h2-10,20H,1H3,(H,18,19);1-9,19H. The number of rotatable bonds is 7. The topological polar surface area (TPSA) is 130 Å². The summed E-state index contributed by atoms with van der Waals surface area (Å²) in [6.45, 7) is 0. The summed E-state index contributed by atoms with van der Waals surface area (Å²) in [7, 11) is -5.53. The molecule has 6 rings (SSSR count). The molecule has 0 aliphatic rings. The highest BCUT2D eigenvalue weighted by molar-refractivity contribution is 7.93. The van der Waals surface area contributed by atoms with Gasteiger partial charge in [-0.25, -0.2) is 26.8 Å². The minimum Gasteiger partial charge on any atom is -0.373 e. The lowest BCUT2D eigenvalue weighted by atomic mass is 10.1. The van der Waals surface area contributed by atoms with Crippen LogP contribution < -0.4 is 14.8 Å². The van der Waals surface area contributed by atoms with E-state index in [1.807, 2.05) is 12.1 Å². The summed E-state index contributed by atoms with van der Waals surface area (Å²) in [5, 5.41) is 7.73. The maximum atomic E-state index is 12.4. The first kappa shape index (κ1) is 32.3. The number of aromatic nitrogens is 2. The number of hydrogen-bond donors (Lipinski definition) is 3. The highest BCUT2D eigenvalue weighted by Crippen LogP contribution is 2.27. The molecule has 0 saturated heterocycles. The van der Waals surface area contributed by atoms with E-state index in [2.05, 4.69) is 24.7 Å². The maximum Gasteiger partial charge on any atom is 0.261 e. The molecule has 0 atom stereocenters. The third kappa shape index (κ3) is 7.75. The molecule has 9 nitrogen and oxygen atoms in total. The summed E-state index contributed by atoms with van der Waals surface area (Å²) in [5.41, 5.74) is 0.936. The summed E-state index contributed by atoms with van der Waals surface area (Å²) < 4.78 is 54.5. The molecule has 0 aliphatic heterocycles. The molecule has 0 radical (unpaired) electrons. The van der Waals surface area contributed by atoms with Crippen molar-refractivity contribution in [3.63, 3.8) is 0 Å². The normalized spacial score (nSPS) is 11.5. The van der Waals surface area contributed by atoms with Crippen molar-refractivity contribution >= 4 is 93.6 Å². The Morgan fingerprint density at radius 3 is 1.49 bits per heavy atom. The van der Waals surface area contributed by atoms with Gasteiger partial charge in [0, 0.05) is 51.6 Å². The number of benzene rings is 4. The lowest BCUT2D eigenvalue weighted by Gasteiger charge is -2.10. The zero-order chi connectivity index (χ0) is 32.2. The fourth-order valence-electron chi connectivity index (χ4n) is 4.30. The van der Waals surface area contributed by atoms with E-state index in [0.717, 1.165) is 27.4 Å². The smallest absolute Gasteiger partial charge is 0.261 e. The fourth-order valence-corrected chi connectivity index (χ4v) is 6.88. The predicted molar refractivity (Wildman–Crippen MR) is 183 cm³/mol. The summed E-state index contributed by atoms with van der Waals surface area (Å²) >= 11 is 17.5. The van der Waals surface area contributed by atoms with Gasteiger partial charge >= 0.3 is 0 Å². The quantitative estimate of drug-likeness (QED) is 0.144. The van der Waals surface area contributed by atoms with Gasteiger partial charge in [0.2, 0.25) is 0 Å². The SMILES string of the molecule is CNc1nccc2cc(NS(=O)(=O)c3ccc(Cl)cc3)ccc12.O=S(=O)(Nc1ccc2c(Cl)nccc2c1)c1ccc(Cl)cc1. The van der Waals surface area contributed by atoms with Gasteiger partial charge in [0.25, 0.3) is 20.0 Å². The van der Waals surface area contributed by atoms with Crippen LogP contribution in [0.2, 0.25) is 15.2 Å². The molecule has 0 spiro atoms. The highest BCUT2D eigenvalue weighted by Gasteiger charge is 2.16. The summed E-state index contributed by atoms with van der Waals surface area (Å²) in [6.07, 6.45) is 3.24. The Bertz CT molecular complexity index is 2220. The number of fused-ring (bicyclic) bond motifs is 2. The Morgan fingerprint density at radius 2 is 1.00 bits per heavy atom. The third-order valence-corrected chi connectivity index (χ3v) is 10.1. The van der Waals surface area contributed by atoms with Crippen molar-refractivity contribution in [3.05, 3.63) is 125 Å². The first-order valence-electron chi connectivity index (χ1n) is 13.1. The molecule has 0 bridgehead atoms. The van der Waals surface area contributed by atoms with E-state index in [0.29, 0.717) is 26.6 Å². The molecule has 0 saturated carbocycles. The van der Waals surface area contributed by atoms with E-state index in [4.69, 9.17) is 34.8 Å². The lowest BCUT2D eigenvalue weighted by Crippen LogP contribution is -2.12. The monoisotopic (exact) mass is 699 g/mol. The van der Waals surface area contributed by atoms with Crippen molar-refractivity contribution in [3.8, 4) is 0 Å². The van der Waals surface area contributed by atoms with Gasteiger partial charge in [0.1, 0.15) is 11.0 Å². The van der Waals surface area contributed by atoms with Crippen LogP contribution in [-0.2, 0) is 20.0 Å². The van der Waals surface area contributed by atoms with Gasteiger partial charge in [-0.15, -0.1) is 0 Å². The molecule has 4 aromatic carbocycles. The Labute approximate surface area is 275 Å². The molecule has 2 heterocycles. The van der Waals surface area contributed by atoms with Crippen LogP contribution in [0.3, 0.4) is 0 Å².